The predicted octanol–water partition coefficient (Wildman–Crippen LogP) is 4.27. The Balaban J connectivity index is 1.88. The molecule has 1 amide bonds. The number of carbonyl (C=O) groups excluding carboxylic acids is 1. The van der Waals surface area contributed by atoms with Gasteiger partial charge in [-0.15, -0.1) is 0 Å². The number of hydrogen-bond acceptors (Lipinski definition) is 2. The molecule has 1 aliphatic carbocycles. The van der Waals surface area contributed by atoms with Gasteiger partial charge in [0.05, 0.1) is 0 Å². The number of anilines is 1. The van der Waals surface area contributed by atoms with Crippen LogP contribution in [0.25, 0.3) is 0 Å². The van der Waals surface area contributed by atoms with Gasteiger partial charge < -0.3 is 10.6 Å². The Kier molecular flexibility index (Phi) is 6.24. The van der Waals surface area contributed by atoms with Gasteiger partial charge >= 0.3 is 0 Å². The summed E-state index contributed by atoms with van der Waals surface area (Å²) < 4.78 is 0. The van der Waals surface area contributed by atoms with Crippen LogP contribution in [-0.2, 0) is 4.79 Å². The van der Waals surface area contributed by atoms with E-state index in [4.69, 9.17) is 0 Å². The molecule has 21 heavy (non-hydrogen) atoms. The van der Waals surface area contributed by atoms with Crippen molar-refractivity contribution in [2.45, 2.75) is 58.4 Å². The van der Waals surface area contributed by atoms with E-state index >= 15 is 0 Å². The van der Waals surface area contributed by atoms with Crippen LogP contribution in [0.5, 0.6) is 0 Å². The van der Waals surface area contributed by atoms with E-state index in [1.54, 1.807) is 0 Å². The fraction of sp³-hybridized carbons (Fsp3) is 0.611. The normalized spacial score (nSPS) is 17.4. The average molecular weight is 288 g/mol. The van der Waals surface area contributed by atoms with E-state index in [0.29, 0.717) is 6.04 Å². The van der Waals surface area contributed by atoms with Gasteiger partial charge in [0.2, 0.25) is 5.91 Å². The second-order valence-corrected chi connectivity index (χ2v) is 6.12. The minimum Gasteiger partial charge on any atom is -0.326 e. The summed E-state index contributed by atoms with van der Waals surface area (Å²) in [5, 5.41) is 6.53. The van der Waals surface area contributed by atoms with Crippen LogP contribution in [0.2, 0.25) is 0 Å². The van der Waals surface area contributed by atoms with Crippen LogP contribution >= 0.6 is 0 Å². The van der Waals surface area contributed by atoms with Gasteiger partial charge in [0.25, 0.3) is 0 Å². The van der Waals surface area contributed by atoms with Gasteiger partial charge in [-0.2, -0.15) is 0 Å². The molecule has 1 aromatic rings. The molecule has 2 rings (SSSR count). The first kappa shape index (κ1) is 16.0. The number of nitrogens with one attached hydrogen (secondary N) is 2. The van der Waals surface area contributed by atoms with Crippen LogP contribution in [0.4, 0.5) is 5.69 Å². The van der Waals surface area contributed by atoms with Crippen molar-refractivity contribution in [3.8, 4) is 0 Å². The SMILES string of the molecule is CCCNC(C)c1ccc(NC(=O)C2CCCCC2)cc1. The van der Waals surface area contributed by atoms with Crippen LogP contribution in [-0.4, -0.2) is 12.5 Å². The third kappa shape index (κ3) is 4.85. The highest BCUT2D eigenvalue weighted by Crippen LogP contribution is 2.25. The largest absolute Gasteiger partial charge is 0.326 e. The lowest BCUT2D eigenvalue weighted by Crippen LogP contribution is -2.24. The molecule has 0 aromatic heterocycles. The minimum absolute atomic E-state index is 0.194. The fourth-order valence-corrected chi connectivity index (χ4v) is 2.94. The third-order valence-corrected chi connectivity index (χ3v) is 4.35. The number of benzene rings is 1. The van der Waals surface area contributed by atoms with Gasteiger partial charge in [-0.1, -0.05) is 38.3 Å². The van der Waals surface area contributed by atoms with Crippen LogP contribution in [0.1, 0.15) is 64.0 Å². The molecule has 0 heterocycles. The molecule has 0 bridgehead atoms. The zero-order chi connectivity index (χ0) is 15.1. The lowest BCUT2D eigenvalue weighted by atomic mass is 9.88. The zero-order valence-corrected chi connectivity index (χ0v) is 13.3. The van der Waals surface area contributed by atoms with Gasteiger partial charge in [0.1, 0.15) is 0 Å². The molecule has 2 N–H and O–H groups in total. The first-order valence-corrected chi connectivity index (χ1v) is 8.35. The summed E-state index contributed by atoms with van der Waals surface area (Å²) in [6.07, 6.45) is 6.89. The molecular formula is C18H28N2O. The van der Waals surface area contributed by atoms with E-state index in [0.717, 1.165) is 31.5 Å². The zero-order valence-electron chi connectivity index (χ0n) is 13.3. The average Bonchev–Trinajstić information content (AvgIpc) is 2.54. The van der Waals surface area contributed by atoms with E-state index in [1.165, 1.54) is 24.8 Å². The van der Waals surface area contributed by atoms with Crippen molar-refractivity contribution in [3.63, 3.8) is 0 Å². The minimum atomic E-state index is 0.194. The Morgan fingerprint density at radius 1 is 1.19 bits per heavy atom. The van der Waals surface area contributed by atoms with Crippen LogP contribution < -0.4 is 10.6 Å². The summed E-state index contributed by atoms with van der Waals surface area (Å²) >= 11 is 0. The Hall–Kier alpha value is -1.35. The van der Waals surface area contributed by atoms with Crippen LogP contribution in [0.3, 0.4) is 0 Å². The molecule has 0 spiro atoms. The van der Waals surface area contributed by atoms with Crippen LogP contribution in [0, 0.1) is 5.92 Å². The van der Waals surface area contributed by atoms with Crippen molar-refractivity contribution < 1.29 is 4.79 Å². The molecule has 1 aliphatic rings. The fourth-order valence-electron chi connectivity index (χ4n) is 2.94. The maximum Gasteiger partial charge on any atom is 0.227 e. The number of amides is 1. The van der Waals surface area contributed by atoms with Gasteiger partial charge in [0.15, 0.2) is 0 Å². The van der Waals surface area contributed by atoms with E-state index in [1.807, 2.05) is 12.1 Å². The van der Waals surface area contributed by atoms with Crippen molar-refractivity contribution in [1.29, 1.82) is 0 Å². The van der Waals surface area contributed by atoms with Crippen molar-refractivity contribution in [1.82, 2.24) is 5.32 Å². The lowest BCUT2D eigenvalue weighted by Gasteiger charge is -2.21. The Morgan fingerprint density at radius 3 is 2.48 bits per heavy atom. The lowest BCUT2D eigenvalue weighted by molar-refractivity contribution is -0.120. The molecule has 3 nitrogen and oxygen atoms in total. The summed E-state index contributed by atoms with van der Waals surface area (Å²) in [6.45, 7) is 5.37. The maximum atomic E-state index is 12.2. The summed E-state index contributed by atoms with van der Waals surface area (Å²) in [5.41, 5.74) is 2.18. The number of carbonyl (C=O) groups is 1. The van der Waals surface area contributed by atoms with Crippen molar-refractivity contribution in [2.24, 2.45) is 5.92 Å². The smallest absolute Gasteiger partial charge is 0.227 e. The second-order valence-electron chi connectivity index (χ2n) is 6.12. The molecule has 0 saturated heterocycles. The maximum absolute atomic E-state index is 12.2. The summed E-state index contributed by atoms with van der Waals surface area (Å²) in [4.78, 5) is 12.2. The number of hydrogen-bond donors (Lipinski definition) is 2. The van der Waals surface area contributed by atoms with Crippen LogP contribution in [0.15, 0.2) is 24.3 Å². The highest BCUT2D eigenvalue weighted by Gasteiger charge is 2.20. The molecule has 1 unspecified atom stereocenters. The highest BCUT2D eigenvalue weighted by molar-refractivity contribution is 5.92. The molecule has 0 radical (unpaired) electrons. The highest BCUT2D eigenvalue weighted by atomic mass is 16.1. The molecule has 116 valence electrons. The van der Waals surface area contributed by atoms with Crippen molar-refractivity contribution >= 4 is 11.6 Å². The topological polar surface area (TPSA) is 41.1 Å². The molecule has 1 atom stereocenters. The van der Waals surface area contributed by atoms with Crippen molar-refractivity contribution in [3.05, 3.63) is 29.8 Å². The number of rotatable bonds is 6. The van der Waals surface area contributed by atoms with E-state index in [2.05, 4.69) is 36.6 Å². The summed E-state index contributed by atoms with van der Waals surface area (Å²) in [5.74, 6) is 0.406. The predicted molar refractivity (Wildman–Crippen MR) is 88.4 cm³/mol. The first-order valence-electron chi connectivity index (χ1n) is 8.35. The Bertz CT molecular complexity index is 435. The molecule has 0 aliphatic heterocycles. The van der Waals surface area contributed by atoms with E-state index in [-0.39, 0.29) is 11.8 Å². The molecular weight excluding hydrogens is 260 g/mol. The van der Waals surface area contributed by atoms with Crippen molar-refractivity contribution in [2.75, 3.05) is 11.9 Å². The van der Waals surface area contributed by atoms with Gasteiger partial charge in [0, 0.05) is 17.6 Å². The molecule has 1 aromatic carbocycles. The quantitative estimate of drug-likeness (QED) is 0.821. The standard InChI is InChI=1S/C18H28N2O/c1-3-13-19-14(2)15-9-11-17(12-10-15)20-18(21)16-7-5-4-6-8-16/h9-12,14,16,19H,3-8,13H2,1-2H3,(H,20,21). The van der Waals surface area contributed by atoms with Gasteiger partial charge in [-0.3, -0.25) is 4.79 Å². The van der Waals surface area contributed by atoms with E-state index in [9.17, 15) is 4.79 Å². The Morgan fingerprint density at radius 2 is 1.86 bits per heavy atom. The molecule has 3 heteroatoms. The van der Waals surface area contributed by atoms with Gasteiger partial charge in [-0.05, 0) is 50.4 Å². The first-order chi connectivity index (χ1) is 10.2. The monoisotopic (exact) mass is 288 g/mol. The summed E-state index contributed by atoms with van der Waals surface area (Å²) in [7, 11) is 0. The third-order valence-electron chi connectivity index (χ3n) is 4.35. The van der Waals surface area contributed by atoms with Gasteiger partial charge in [-0.25, -0.2) is 0 Å². The summed E-state index contributed by atoms with van der Waals surface area (Å²) in [6, 6.07) is 8.58. The molecule has 1 fully saturated rings. The Labute approximate surface area is 128 Å². The second kappa shape index (κ2) is 8.18. The molecule has 1 saturated carbocycles. The van der Waals surface area contributed by atoms with E-state index < -0.39 is 0 Å².